The van der Waals surface area contributed by atoms with Crippen molar-refractivity contribution in [1.29, 1.82) is 5.26 Å². The van der Waals surface area contributed by atoms with Crippen molar-refractivity contribution in [1.82, 2.24) is 5.32 Å². The first-order valence-corrected chi connectivity index (χ1v) is 13.4. The average Bonchev–Trinajstić information content (AvgIpc) is 3.14. The van der Waals surface area contributed by atoms with Crippen LogP contribution in [0.4, 0.5) is 5.00 Å². The van der Waals surface area contributed by atoms with Crippen LogP contribution in [0.1, 0.15) is 68.5 Å². The monoisotopic (exact) mass is 485 g/mol. The predicted molar refractivity (Wildman–Crippen MR) is 139 cm³/mol. The van der Waals surface area contributed by atoms with Crippen LogP contribution in [0.25, 0.3) is 0 Å². The summed E-state index contributed by atoms with van der Waals surface area (Å²) in [4.78, 5) is 13.8. The molecule has 1 amide bonds. The number of hydrogen-bond donors (Lipinski definition) is 2. The van der Waals surface area contributed by atoms with Crippen LogP contribution in [-0.4, -0.2) is 18.5 Å². The van der Waals surface area contributed by atoms with Gasteiger partial charge in [0, 0.05) is 21.9 Å². The van der Waals surface area contributed by atoms with Crippen molar-refractivity contribution in [3.63, 3.8) is 0 Å². The van der Waals surface area contributed by atoms with Crippen molar-refractivity contribution in [3.05, 3.63) is 50.9 Å². The van der Waals surface area contributed by atoms with E-state index in [1.165, 1.54) is 10.4 Å². The number of rotatable bonds is 10. The molecule has 2 aromatic rings. The molecule has 2 atom stereocenters. The highest BCUT2D eigenvalue weighted by atomic mass is 35.5. The first-order valence-electron chi connectivity index (χ1n) is 12.2. The number of hydrogen-bond acceptors (Lipinski definition) is 4. The largest absolute Gasteiger partial charge is 0.316 e. The minimum Gasteiger partial charge on any atom is -0.316 e. The van der Waals surface area contributed by atoms with E-state index < -0.39 is 0 Å². The van der Waals surface area contributed by atoms with Gasteiger partial charge in [0.05, 0.1) is 5.56 Å². The van der Waals surface area contributed by atoms with E-state index in [1.54, 1.807) is 11.3 Å². The van der Waals surface area contributed by atoms with Gasteiger partial charge in [0.25, 0.3) is 0 Å². The van der Waals surface area contributed by atoms with Crippen molar-refractivity contribution in [3.8, 4) is 6.07 Å². The Hall–Kier alpha value is -1.87. The number of fused-ring (bicyclic) bond motifs is 1. The predicted octanol–water partition coefficient (Wildman–Crippen LogP) is 6.61. The van der Waals surface area contributed by atoms with E-state index in [9.17, 15) is 10.1 Å². The fraction of sp³-hybridized carbons (Fsp3) is 0.556. The molecule has 1 aromatic heterocycles. The highest BCUT2D eigenvalue weighted by Crippen LogP contribution is 2.38. The number of thiophene rings is 1. The number of nitrogens with one attached hydrogen (secondary N) is 2. The lowest BCUT2D eigenvalue weighted by Crippen LogP contribution is -2.39. The summed E-state index contributed by atoms with van der Waals surface area (Å²) >= 11 is 7.64. The molecule has 1 heterocycles. The number of halogens is 1. The van der Waals surface area contributed by atoms with Gasteiger partial charge in [-0.3, -0.25) is 4.79 Å². The summed E-state index contributed by atoms with van der Waals surface area (Å²) in [7, 11) is 0. The molecule has 3 rings (SSSR count). The molecule has 2 unspecified atom stereocenters. The van der Waals surface area contributed by atoms with E-state index in [2.05, 4.69) is 42.7 Å². The number of nitrogens with zero attached hydrogens (tertiary/aromatic N) is 1. The first-order chi connectivity index (χ1) is 15.9. The van der Waals surface area contributed by atoms with Gasteiger partial charge < -0.3 is 10.6 Å². The lowest BCUT2D eigenvalue weighted by atomic mass is 9.87. The number of amides is 1. The van der Waals surface area contributed by atoms with Crippen molar-refractivity contribution in [2.24, 2.45) is 17.8 Å². The second-order valence-corrected chi connectivity index (χ2v) is 11.0. The lowest BCUT2D eigenvalue weighted by Gasteiger charge is -2.28. The minimum absolute atomic E-state index is 0.00121. The summed E-state index contributed by atoms with van der Waals surface area (Å²) in [5.41, 5.74) is 3.14. The van der Waals surface area contributed by atoms with E-state index in [1.807, 2.05) is 26.0 Å². The molecule has 1 aromatic carbocycles. The highest BCUT2D eigenvalue weighted by Gasteiger charge is 2.28. The average molecular weight is 486 g/mol. The van der Waals surface area contributed by atoms with Gasteiger partial charge in [0.1, 0.15) is 11.1 Å². The summed E-state index contributed by atoms with van der Waals surface area (Å²) < 4.78 is 0. The van der Waals surface area contributed by atoms with E-state index in [0.29, 0.717) is 23.4 Å². The van der Waals surface area contributed by atoms with E-state index in [0.717, 1.165) is 60.7 Å². The Labute approximate surface area is 207 Å². The summed E-state index contributed by atoms with van der Waals surface area (Å²) in [6.45, 7) is 9.61. The summed E-state index contributed by atoms with van der Waals surface area (Å²) in [6.07, 6.45) is 5.48. The van der Waals surface area contributed by atoms with Crippen LogP contribution in [0.5, 0.6) is 0 Å². The van der Waals surface area contributed by atoms with Crippen LogP contribution in [-0.2, 0) is 24.1 Å². The van der Waals surface area contributed by atoms with Gasteiger partial charge in [-0.1, -0.05) is 51.4 Å². The van der Waals surface area contributed by atoms with Crippen LogP contribution >= 0.6 is 22.9 Å². The smallest absolute Gasteiger partial charge is 0.228 e. The number of anilines is 1. The van der Waals surface area contributed by atoms with E-state index in [-0.39, 0.29) is 11.8 Å². The maximum Gasteiger partial charge on any atom is 0.228 e. The second kappa shape index (κ2) is 12.0. The standard InChI is InChI=1S/C27H36ClN3OS/c1-5-19(6-2)26(32)31-27-24(15-29)23-12-11-22(14-25(23)33-27)30-16-20(17(3)4)13-18-7-9-21(28)10-8-18/h7-10,17,19-20,22,30H,5-6,11-14,16H2,1-4H3,(H,31,32). The number of carbonyl (C=O) groups excluding carboxylic acids is 1. The minimum atomic E-state index is -0.00121. The zero-order chi connectivity index (χ0) is 24.0. The van der Waals surface area contributed by atoms with Gasteiger partial charge in [-0.2, -0.15) is 5.26 Å². The van der Waals surface area contributed by atoms with Crippen LogP contribution in [0.2, 0.25) is 5.02 Å². The fourth-order valence-electron chi connectivity index (χ4n) is 4.62. The Morgan fingerprint density at radius 2 is 1.94 bits per heavy atom. The number of benzene rings is 1. The van der Waals surface area contributed by atoms with Crippen molar-refractivity contribution in [2.75, 3.05) is 11.9 Å². The molecule has 1 aliphatic carbocycles. The van der Waals surface area contributed by atoms with Gasteiger partial charge in [0.15, 0.2) is 0 Å². The maximum absolute atomic E-state index is 12.6. The molecule has 178 valence electrons. The maximum atomic E-state index is 12.6. The molecule has 0 bridgehead atoms. The third-order valence-electron chi connectivity index (χ3n) is 6.99. The zero-order valence-electron chi connectivity index (χ0n) is 20.2. The van der Waals surface area contributed by atoms with Crippen molar-refractivity contribution < 1.29 is 4.79 Å². The van der Waals surface area contributed by atoms with Crippen LogP contribution in [0, 0.1) is 29.1 Å². The Bertz CT molecular complexity index is 972. The van der Waals surface area contributed by atoms with Gasteiger partial charge >= 0.3 is 0 Å². The normalized spacial score (nSPS) is 16.5. The number of carbonyl (C=O) groups is 1. The molecule has 1 aliphatic rings. The van der Waals surface area contributed by atoms with E-state index >= 15 is 0 Å². The Morgan fingerprint density at radius 1 is 1.24 bits per heavy atom. The summed E-state index contributed by atoms with van der Waals surface area (Å²) in [6, 6.07) is 10.9. The molecule has 0 saturated carbocycles. The SMILES string of the molecule is CCC(CC)C(=O)Nc1sc2c(c1C#N)CCC(NCC(Cc1ccc(Cl)cc1)C(C)C)C2. The zero-order valence-corrected chi connectivity index (χ0v) is 21.8. The third-order valence-corrected chi connectivity index (χ3v) is 8.41. The third kappa shape index (κ3) is 6.59. The molecular formula is C27H36ClN3OS. The Morgan fingerprint density at radius 3 is 2.55 bits per heavy atom. The Kier molecular flexibility index (Phi) is 9.37. The molecule has 2 N–H and O–H groups in total. The molecule has 0 fully saturated rings. The molecule has 4 nitrogen and oxygen atoms in total. The fourth-order valence-corrected chi connectivity index (χ4v) is 6.03. The molecular weight excluding hydrogens is 450 g/mol. The lowest BCUT2D eigenvalue weighted by molar-refractivity contribution is -0.120. The van der Waals surface area contributed by atoms with Crippen molar-refractivity contribution >= 4 is 33.8 Å². The van der Waals surface area contributed by atoms with Crippen molar-refractivity contribution in [2.45, 2.75) is 72.3 Å². The van der Waals surface area contributed by atoms with Crippen LogP contribution in [0.3, 0.4) is 0 Å². The van der Waals surface area contributed by atoms with Gasteiger partial charge in [-0.05, 0) is 80.2 Å². The molecule has 33 heavy (non-hydrogen) atoms. The molecule has 0 radical (unpaired) electrons. The second-order valence-electron chi connectivity index (χ2n) is 9.51. The van der Waals surface area contributed by atoms with Gasteiger partial charge in [-0.25, -0.2) is 0 Å². The summed E-state index contributed by atoms with van der Waals surface area (Å²) in [5.74, 6) is 1.15. The topological polar surface area (TPSA) is 64.9 Å². The van der Waals surface area contributed by atoms with Crippen LogP contribution in [0.15, 0.2) is 24.3 Å². The number of nitriles is 1. The van der Waals surface area contributed by atoms with E-state index in [4.69, 9.17) is 11.6 Å². The molecule has 6 heteroatoms. The quantitative estimate of drug-likeness (QED) is 0.398. The van der Waals surface area contributed by atoms with Gasteiger partial charge in [-0.15, -0.1) is 11.3 Å². The molecule has 0 spiro atoms. The first kappa shape index (κ1) is 25.7. The Balaban J connectivity index is 1.63. The summed E-state index contributed by atoms with van der Waals surface area (Å²) in [5, 5.41) is 18.2. The van der Waals surface area contributed by atoms with Gasteiger partial charge in [0.2, 0.25) is 5.91 Å². The van der Waals surface area contributed by atoms with Crippen LogP contribution < -0.4 is 10.6 Å². The highest BCUT2D eigenvalue weighted by molar-refractivity contribution is 7.16. The molecule has 0 saturated heterocycles. The molecule has 0 aliphatic heterocycles.